The number of hydrogen-bond donors (Lipinski definition) is 0. The molecule has 11 aromatic carbocycles. The summed E-state index contributed by atoms with van der Waals surface area (Å²) in [6, 6.07) is 86.5. The normalized spacial score (nSPS) is 13.1. The Morgan fingerprint density at radius 1 is 0.431 bits per heavy atom. The first-order valence-corrected chi connectivity index (χ1v) is 25.8. The van der Waals surface area contributed by atoms with Gasteiger partial charge in [0.1, 0.15) is 0 Å². The second-order valence-electron chi connectivity index (χ2n) is 20.1. The van der Waals surface area contributed by atoms with Gasteiger partial charge in [0, 0.05) is 33.6 Å². The standard InChI is InChI=1S/C70H56N2/c1-5-46-24-14-17-42-65(46)71(49-27-9-7-10-28-49)68-47(6-2)26-19-38-58(68)53-33-21-36-56-61(53)45-62-54(34-22-37-57(62)67(56)55-35-20-32-52-51-31-15-13-25-48(51)44-60(52)55)59-39-23-41-64-69(59)72(50-29-11-8-12-30-50)66-43-18-16-40-63(66)70(64,3)4/h7-43,45H,5-6,44H2,1-4H3. The van der Waals surface area contributed by atoms with Crippen LogP contribution in [0.2, 0.25) is 0 Å². The zero-order valence-corrected chi connectivity index (χ0v) is 41.5. The van der Waals surface area contributed by atoms with Gasteiger partial charge in [0.25, 0.3) is 0 Å². The lowest BCUT2D eigenvalue weighted by atomic mass is 9.72. The fourth-order valence-corrected chi connectivity index (χ4v) is 12.5. The van der Waals surface area contributed by atoms with Crippen LogP contribution in [0.4, 0.5) is 34.1 Å². The molecule has 1 aliphatic heterocycles. The van der Waals surface area contributed by atoms with Crippen LogP contribution in [0.5, 0.6) is 0 Å². The van der Waals surface area contributed by atoms with E-state index in [9.17, 15) is 0 Å². The van der Waals surface area contributed by atoms with Gasteiger partial charge in [0.05, 0.1) is 17.1 Å². The maximum atomic E-state index is 2.54. The molecule has 0 saturated carbocycles. The third-order valence-electron chi connectivity index (χ3n) is 15.9. The van der Waals surface area contributed by atoms with Crippen LogP contribution in [0.3, 0.4) is 0 Å². The lowest BCUT2D eigenvalue weighted by molar-refractivity contribution is 0.632. The summed E-state index contributed by atoms with van der Waals surface area (Å²) >= 11 is 0. The Labute approximate surface area is 424 Å². The van der Waals surface area contributed by atoms with Gasteiger partial charge >= 0.3 is 0 Å². The van der Waals surface area contributed by atoms with Crippen LogP contribution in [0.25, 0.3) is 66.1 Å². The minimum atomic E-state index is -0.246. The van der Waals surface area contributed by atoms with Crippen molar-refractivity contribution in [2.45, 2.75) is 52.4 Å². The van der Waals surface area contributed by atoms with Gasteiger partial charge in [-0.25, -0.2) is 0 Å². The van der Waals surface area contributed by atoms with E-state index in [1.807, 2.05) is 0 Å². The molecule has 11 aromatic rings. The lowest BCUT2D eigenvalue weighted by Gasteiger charge is -2.43. The maximum absolute atomic E-state index is 2.54. The van der Waals surface area contributed by atoms with E-state index in [1.54, 1.807) is 0 Å². The van der Waals surface area contributed by atoms with E-state index < -0.39 is 0 Å². The fraction of sp³-hybridized carbons (Fsp3) is 0.114. The minimum absolute atomic E-state index is 0.246. The zero-order chi connectivity index (χ0) is 48.5. The van der Waals surface area contributed by atoms with E-state index in [4.69, 9.17) is 0 Å². The summed E-state index contributed by atoms with van der Waals surface area (Å²) in [7, 11) is 0. The quantitative estimate of drug-likeness (QED) is 0.133. The van der Waals surface area contributed by atoms with E-state index in [0.29, 0.717) is 0 Å². The first-order valence-electron chi connectivity index (χ1n) is 25.8. The van der Waals surface area contributed by atoms with Crippen LogP contribution in [0.1, 0.15) is 61.1 Å². The van der Waals surface area contributed by atoms with E-state index >= 15 is 0 Å². The van der Waals surface area contributed by atoms with Crippen LogP contribution >= 0.6 is 0 Å². The van der Waals surface area contributed by atoms with E-state index in [-0.39, 0.29) is 5.41 Å². The molecule has 0 N–H and O–H groups in total. The number of anilines is 6. The SMILES string of the molecule is CCc1ccccc1N(c1ccccc1)c1c(CC)cccc1-c1cccc2c(-c3cccc4c3Cc3ccccc3-4)c3cccc(-c4cccc5c4N(c4ccccc4)c4ccccc4C5(C)C)c3cc12. The molecule has 0 atom stereocenters. The molecule has 0 saturated heterocycles. The molecular formula is C70H56N2. The Balaban J connectivity index is 1.15. The number of fused-ring (bicyclic) bond motifs is 7. The van der Waals surface area contributed by atoms with Gasteiger partial charge in [-0.1, -0.05) is 216 Å². The summed E-state index contributed by atoms with van der Waals surface area (Å²) in [5.74, 6) is 0. The van der Waals surface area contributed by atoms with Gasteiger partial charge in [-0.2, -0.15) is 0 Å². The van der Waals surface area contributed by atoms with Gasteiger partial charge in [-0.05, 0) is 150 Å². The predicted molar refractivity (Wildman–Crippen MR) is 306 cm³/mol. The Kier molecular flexibility index (Phi) is 10.5. The molecule has 1 heterocycles. The summed E-state index contributed by atoms with van der Waals surface area (Å²) in [5, 5.41) is 4.99. The van der Waals surface area contributed by atoms with Gasteiger partial charge in [0.2, 0.25) is 0 Å². The largest absolute Gasteiger partial charge is 0.309 e. The van der Waals surface area contributed by atoms with Crippen LogP contribution in [-0.4, -0.2) is 0 Å². The predicted octanol–water partition coefficient (Wildman–Crippen LogP) is 19.3. The van der Waals surface area contributed by atoms with Crippen molar-refractivity contribution >= 4 is 55.7 Å². The first kappa shape index (κ1) is 43.6. The van der Waals surface area contributed by atoms with Crippen molar-refractivity contribution in [2.24, 2.45) is 0 Å². The molecule has 2 nitrogen and oxygen atoms in total. The molecule has 72 heavy (non-hydrogen) atoms. The number of aryl methyl sites for hydroxylation is 2. The Hall–Kier alpha value is -8.46. The fourth-order valence-electron chi connectivity index (χ4n) is 12.5. The molecule has 0 radical (unpaired) electrons. The average molecular weight is 925 g/mol. The van der Waals surface area contributed by atoms with Crippen molar-refractivity contribution in [1.29, 1.82) is 0 Å². The summed E-state index contributed by atoms with van der Waals surface area (Å²) in [6.45, 7) is 9.35. The molecule has 0 spiro atoms. The molecule has 0 fully saturated rings. The smallest absolute Gasteiger partial charge is 0.0581 e. The Bertz CT molecular complexity index is 3900. The number of benzene rings is 11. The zero-order valence-electron chi connectivity index (χ0n) is 41.5. The van der Waals surface area contributed by atoms with Crippen molar-refractivity contribution < 1.29 is 0 Å². The molecule has 346 valence electrons. The second-order valence-corrected chi connectivity index (χ2v) is 20.1. The Morgan fingerprint density at radius 3 is 1.75 bits per heavy atom. The van der Waals surface area contributed by atoms with Crippen LogP contribution in [0, 0.1) is 0 Å². The van der Waals surface area contributed by atoms with Gasteiger partial charge < -0.3 is 9.80 Å². The molecule has 0 bridgehead atoms. The van der Waals surface area contributed by atoms with Crippen molar-refractivity contribution in [3.63, 3.8) is 0 Å². The summed E-state index contributed by atoms with van der Waals surface area (Å²) in [6.07, 6.45) is 2.71. The topological polar surface area (TPSA) is 6.48 Å². The molecule has 1 aliphatic carbocycles. The van der Waals surface area contributed by atoms with Gasteiger partial charge in [-0.15, -0.1) is 0 Å². The van der Waals surface area contributed by atoms with Crippen molar-refractivity contribution in [2.75, 3.05) is 9.80 Å². The van der Waals surface area contributed by atoms with E-state index in [0.717, 1.165) is 30.6 Å². The van der Waals surface area contributed by atoms with Crippen molar-refractivity contribution in [3.05, 3.63) is 264 Å². The monoisotopic (exact) mass is 924 g/mol. The molecule has 0 unspecified atom stereocenters. The molecule has 0 aromatic heterocycles. The highest BCUT2D eigenvalue weighted by atomic mass is 15.2. The molecule has 2 aliphatic rings. The summed E-state index contributed by atoms with van der Waals surface area (Å²) < 4.78 is 0. The Morgan fingerprint density at radius 2 is 0.972 bits per heavy atom. The summed E-state index contributed by atoms with van der Waals surface area (Å²) in [4.78, 5) is 5.06. The third kappa shape index (κ3) is 6.77. The lowest BCUT2D eigenvalue weighted by Crippen LogP contribution is -2.31. The number of hydrogen-bond acceptors (Lipinski definition) is 2. The molecule has 13 rings (SSSR count). The number of para-hydroxylation sites is 6. The highest BCUT2D eigenvalue weighted by molar-refractivity contribution is 6.21. The van der Waals surface area contributed by atoms with Crippen molar-refractivity contribution in [1.82, 2.24) is 0 Å². The van der Waals surface area contributed by atoms with E-state index in [1.165, 1.54) is 122 Å². The van der Waals surface area contributed by atoms with Gasteiger partial charge in [0.15, 0.2) is 0 Å². The maximum Gasteiger partial charge on any atom is 0.0581 e. The molecule has 0 amide bonds. The average Bonchev–Trinajstić information content (AvgIpc) is 3.82. The highest BCUT2D eigenvalue weighted by Gasteiger charge is 2.38. The van der Waals surface area contributed by atoms with E-state index in [2.05, 4.69) is 268 Å². The van der Waals surface area contributed by atoms with Crippen molar-refractivity contribution in [3.8, 4) is 44.5 Å². The van der Waals surface area contributed by atoms with Crippen LogP contribution in [-0.2, 0) is 24.7 Å². The minimum Gasteiger partial charge on any atom is -0.309 e. The highest BCUT2D eigenvalue weighted by Crippen LogP contribution is 2.57. The summed E-state index contributed by atoms with van der Waals surface area (Å²) in [5.41, 5.74) is 25.1. The van der Waals surface area contributed by atoms with Crippen LogP contribution < -0.4 is 9.80 Å². The van der Waals surface area contributed by atoms with Gasteiger partial charge in [-0.3, -0.25) is 0 Å². The second kappa shape index (κ2) is 17.4. The first-order chi connectivity index (χ1) is 35.4. The molecular weight excluding hydrogens is 869 g/mol. The molecule has 2 heteroatoms. The van der Waals surface area contributed by atoms with Crippen LogP contribution in [0.15, 0.2) is 231 Å². The third-order valence-corrected chi connectivity index (χ3v) is 15.9. The number of nitrogens with zero attached hydrogens (tertiary/aromatic N) is 2. The number of rotatable bonds is 9.